The largest absolute Gasteiger partial charge is 0.478 e. The molecule has 2 aliphatic rings. The summed E-state index contributed by atoms with van der Waals surface area (Å²) in [7, 11) is 1.64. The van der Waals surface area contributed by atoms with Crippen molar-refractivity contribution in [3.63, 3.8) is 0 Å². The van der Waals surface area contributed by atoms with Gasteiger partial charge in [-0.25, -0.2) is 9.59 Å². The first kappa shape index (κ1) is 31.3. The van der Waals surface area contributed by atoms with E-state index in [4.69, 9.17) is 14.9 Å². The maximum absolute atomic E-state index is 13.2. The second-order valence-electron chi connectivity index (χ2n) is 10.4. The molecular weight excluding hydrogens is 525 g/mol. The summed E-state index contributed by atoms with van der Waals surface area (Å²) in [4.78, 5) is 26.1. The van der Waals surface area contributed by atoms with E-state index in [0.717, 1.165) is 49.5 Å². The number of ether oxygens (including phenoxy) is 1. The maximum atomic E-state index is 13.2. The lowest BCUT2D eigenvalue weighted by Crippen LogP contribution is -2.39. The maximum Gasteiger partial charge on any atom is 0.418 e. The number of piperidine rings is 2. The van der Waals surface area contributed by atoms with Crippen LogP contribution in [0.4, 0.5) is 24.5 Å². The Kier molecular flexibility index (Phi) is 10.8. The van der Waals surface area contributed by atoms with Gasteiger partial charge in [-0.1, -0.05) is 6.92 Å². The molecule has 2 N–H and O–H groups in total. The van der Waals surface area contributed by atoms with Crippen molar-refractivity contribution in [3.8, 4) is 0 Å². The Hall–Kier alpha value is -3.27. The quantitative estimate of drug-likeness (QED) is 0.371. The van der Waals surface area contributed by atoms with Crippen LogP contribution in [0.5, 0.6) is 0 Å². The molecule has 2 heterocycles. The first-order chi connectivity index (χ1) is 19.0. The number of halogens is 3. The predicted molar refractivity (Wildman–Crippen MR) is 148 cm³/mol. The number of carboxylic acid groups (broad SMARTS) is 2. The van der Waals surface area contributed by atoms with Crippen molar-refractivity contribution in [1.82, 2.24) is 0 Å². The average molecular weight is 565 g/mol. The summed E-state index contributed by atoms with van der Waals surface area (Å²) in [5, 5.41) is 18.0. The molecule has 2 atom stereocenters. The molecule has 0 aliphatic carbocycles. The molecule has 2 saturated heterocycles. The van der Waals surface area contributed by atoms with Crippen molar-refractivity contribution in [3.05, 3.63) is 58.7 Å². The molecule has 0 aromatic heterocycles. The number of nitrogens with zero attached hydrogens (tertiary/aromatic N) is 2. The third-order valence-electron chi connectivity index (χ3n) is 7.70. The van der Waals surface area contributed by atoms with E-state index in [9.17, 15) is 22.8 Å². The lowest BCUT2D eigenvalue weighted by molar-refractivity contribution is -0.137. The second kappa shape index (κ2) is 13.9. The standard InChI is InChI=1S/C16H23NO3.C14H16F3NO2/c1-3-14-6-4-5-9-17(14)15-8-7-12(16(18)19)10-13(15)11-20-2;1-9-4-2-3-7-18(9)12-6-5-10(13(19)20)8-11(12)14(15,16)17/h7-8,10,14H,3-6,9,11H2,1-2H3,(H,18,19);5-6,8-9H,2-4,7H2,1H3,(H,19,20). The third-order valence-corrected chi connectivity index (χ3v) is 7.70. The van der Waals surface area contributed by atoms with Gasteiger partial charge in [0.2, 0.25) is 0 Å². The molecule has 0 radical (unpaired) electrons. The van der Waals surface area contributed by atoms with Gasteiger partial charge in [0.25, 0.3) is 0 Å². The van der Waals surface area contributed by atoms with E-state index < -0.39 is 23.7 Å². The number of rotatable bonds is 7. The normalized spacial score (nSPS) is 19.6. The molecule has 7 nitrogen and oxygen atoms in total. The summed E-state index contributed by atoms with van der Waals surface area (Å²) in [6.45, 7) is 6.16. The van der Waals surface area contributed by atoms with Crippen LogP contribution in [0.3, 0.4) is 0 Å². The summed E-state index contributed by atoms with van der Waals surface area (Å²) >= 11 is 0. The fraction of sp³-hybridized carbons (Fsp3) is 0.533. The number of benzene rings is 2. The molecule has 2 aromatic carbocycles. The SMILES string of the molecule is CC1CCCCN1c1ccc(C(=O)O)cc1C(F)(F)F.CCC1CCCCN1c1ccc(C(=O)O)cc1COC. The Balaban J connectivity index is 0.000000220. The fourth-order valence-electron chi connectivity index (χ4n) is 5.61. The van der Waals surface area contributed by atoms with Gasteiger partial charge in [-0.15, -0.1) is 0 Å². The predicted octanol–water partition coefficient (Wildman–Crippen LogP) is 7.08. The van der Waals surface area contributed by atoms with Crippen molar-refractivity contribution < 1.29 is 37.7 Å². The number of methoxy groups -OCH3 is 1. The van der Waals surface area contributed by atoms with Gasteiger partial charge in [-0.2, -0.15) is 13.2 Å². The zero-order chi connectivity index (χ0) is 29.4. The minimum atomic E-state index is -4.56. The van der Waals surface area contributed by atoms with Crippen LogP contribution >= 0.6 is 0 Å². The highest BCUT2D eigenvalue weighted by Crippen LogP contribution is 2.39. The van der Waals surface area contributed by atoms with Crippen LogP contribution in [0, 0.1) is 0 Å². The Morgan fingerprint density at radius 2 is 1.48 bits per heavy atom. The van der Waals surface area contributed by atoms with Gasteiger partial charge in [-0.05, 0) is 88.3 Å². The van der Waals surface area contributed by atoms with Crippen molar-refractivity contribution in [1.29, 1.82) is 0 Å². The van der Waals surface area contributed by atoms with E-state index in [0.29, 0.717) is 24.8 Å². The number of carbonyl (C=O) groups is 2. The van der Waals surface area contributed by atoms with Gasteiger partial charge < -0.3 is 24.7 Å². The van der Waals surface area contributed by atoms with Crippen molar-refractivity contribution in [2.75, 3.05) is 30.0 Å². The molecule has 0 spiro atoms. The number of anilines is 2. The minimum Gasteiger partial charge on any atom is -0.478 e. The van der Waals surface area contributed by atoms with E-state index >= 15 is 0 Å². The summed E-state index contributed by atoms with van der Waals surface area (Å²) in [5.74, 6) is -2.24. The molecule has 0 bridgehead atoms. The number of aromatic carboxylic acids is 2. The van der Waals surface area contributed by atoms with Crippen LogP contribution < -0.4 is 9.80 Å². The van der Waals surface area contributed by atoms with Crippen molar-refractivity contribution >= 4 is 23.3 Å². The number of alkyl halides is 3. The lowest BCUT2D eigenvalue weighted by Gasteiger charge is -2.38. The number of carboxylic acids is 2. The lowest BCUT2D eigenvalue weighted by atomic mass is 9.97. The van der Waals surface area contributed by atoms with Crippen LogP contribution in [-0.4, -0.2) is 54.4 Å². The molecule has 2 fully saturated rings. The van der Waals surface area contributed by atoms with Gasteiger partial charge in [0.1, 0.15) is 0 Å². The highest BCUT2D eigenvalue weighted by Gasteiger charge is 2.37. The summed E-state index contributed by atoms with van der Waals surface area (Å²) in [6.07, 6.45) is 2.95. The van der Waals surface area contributed by atoms with Gasteiger partial charge in [0.15, 0.2) is 0 Å². The summed E-state index contributed by atoms with van der Waals surface area (Å²) in [6, 6.07) is 9.17. The molecule has 2 unspecified atom stereocenters. The smallest absolute Gasteiger partial charge is 0.418 e. The molecule has 0 saturated carbocycles. The Labute approximate surface area is 233 Å². The summed E-state index contributed by atoms with van der Waals surface area (Å²) < 4.78 is 44.7. The zero-order valence-electron chi connectivity index (χ0n) is 23.3. The molecule has 4 rings (SSSR count). The van der Waals surface area contributed by atoms with Crippen molar-refractivity contribution in [2.45, 2.75) is 83.7 Å². The molecule has 0 amide bonds. The molecule has 220 valence electrons. The van der Waals surface area contributed by atoms with Crippen LogP contribution in [0.2, 0.25) is 0 Å². The monoisotopic (exact) mass is 564 g/mol. The highest BCUT2D eigenvalue weighted by molar-refractivity contribution is 5.89. The van der Waals surface area contributed by atoms with E-state index in [1.165, 1.54) is 31.4 Å². The van der Waals surface area contributed by atoms with Crippen LogP contribution in [0.25, 0.3) is 0 Å². The Morgan fingerprint density at radius 3 is 2.02 bits per heavy atom. The Morgan fingerprint density at radius 1 is 0.900 bits per heavy atom. The van der Waals surface area contributed by atoms with Gasteiger partial charge in [0, 0.05) is 49.2 Å². The number of hydrogen-bond donors (Lipinski definition) is 2. The fourth-order valence-corrected chi connectivity index (χ4v) is 5.61. The van der Waals surface area contributed by atoms with Gasteiger partial charge in [0.05, 0.1) is 23.3 Å². The highest BCUT2D eigenvalue weighted by atomic mass is 19.4. The molecule has 40 heavy (non-hydrogen) atoms. The van der Waals surface area contributed by atoms with E-state index in [-0.39, 0.29) is 17.3 Å². The number of hydrogen-bond acceptors (Lipinski definition) is 5. The van der Waals surface area contributed by atoms with Crippen LogP contribution in [-0.2, 0) is 17.5 Å². The summed E-state index contributed by atoms with van der Waals surface area (Å²) in [5.41, 5.74) is 1.29. The first-order valence-corrected chi connectivity index (χ1v) is 13.8. The van der Waals surface area contributed by atoms with Gasteiger partial charge in [-0.3, -0.25) is 0 Å². The molecular formula is C30H39F3N2O5. The topological polar surface area (TPSA) is 90.3 Å². The van der Waals surface area contributed by atoms with E-state index in [1.807, 2.05) is 13.0 Å². The van der Waals surface area contributed by atoms with E-state index in [2.05, 4.69) is 11.8 Å². The first-order valence-electron chi connectivity index (χ1n) is 13.8. The average Bonchev–Trinajstić information content (AvgIpc) is 2.93. The second-order valence-corrected chi connectivity index (χ2v) is 10.4. The third kappa shape index (κ3) is 7.68. The zero-order valence-corrected chi connectivity index (χ0v) is 23.3. The minimum absolute atomic E-state index is 0.0283. The molecule has 2 aromatic rings. The van der Waals surface area contributed by atoms with E-state index in [1.54, 1.807) is 24.1 Å². The Bertz CT molecular complexity index is 1170. The molecule has 2 aliphatic heterocycles. The van der Waals surface area contributed by atoms with Crippen molar-refractivity contribution in [2.24, 2.45) is 0 Å². The molecule has 10 heteroatoms. The van der Waals surface area contributed by atoms with Crippen LogP contribution in [0.1, 0.15) is 90.6 Å². The van der Waals surface area contributed by atoms with Crippen LogP contribution in [0.15, 0.2) is 36.4 Å². The van der Waals surface area contributed by atoms with Gasteiger partial charge >= 0.3 is 18.1 Å².